The molecule has 0 bridgehead atoms. The molecular formula is C23H28N2O4. The molecule has 0 unspecified atom stereocenters. The number of morpholine rings is 1. The number of benzene rings is 2. The van der Waals surface area contributed by atoms with Gasteiger partial charge in [0, 0.05) is 31.6 Å². The number of rotatable bonds is 7. The zero-order valence-corrected chi connectivity index (χ0v) is 16.9. The summed E-state index contributed by atoms with van der Waals surface area (Å²) in [5, 5.41) is 12.1. The second-order valence-corrected chi connectivity index (χ2v) is 7.70. The number of carboxylic acids is 1. The number of ether oxygens (including phenoxy) is 1. The number of hydrogen-bond acceptors (Lipinski definition) is 4. The standard InChI is InChI=1S/C23H28N2O4/c1-16-13-25(14-17(2)29-16)15-19-8-10-20(11-9-19)22(26)24-21(23(27)28)12-18-6-4-3-5-7-18/h3-11,16-17,21H,12-15H2,1-2H3,(H,24,26)(H,27,28)/t16-,17-,21-/m1/s1. The first kappa shape index (κ1) is 21.0. The number of carbonyl (C=O) groups is 2. The van der Waals surface area contributed by atoms with E-state index in [1.165, 1.54) is 0 Å². The Morgan fingerprint density at radius 3 is 2.24 bits per heavy atom. The first-order chi connectivity index (χ1) is 13.9. The van der Waals surface area contributed by atoms with Crippen LogP contribution in [0.5, 0.6) is 0 Å². The predicted molar refractivity (Wildman–Crippen MR) is 111 cm³/mol. The summed E-state index contributed by atoms with van der Waals surface area (Å²) in [6.07, 6.45) is 0.663. The molecule has 1 saturated heterocycles. The van der Waals surface area contributed by atoms with E-state index in [0.717, 1.165) is 30.8 Å². The smallest absolute Gasteiger partial charge is 0.326 e. The fourth-order valence-electron chi connectivity index (χ4n) is 3.72. The van der Waals surface area contributed by atoms with Gasteiger partial charge < -0.3 is 15.2 Å². The number of nitrogens with zero attached hydrogens (tertiary/aromatic N) is 1. The molecule has 1 fully saturated rings. The molecule has 29 heavy (non-hydrogen) atoms. The van der Waals surface area contributed by atoms with Crippen LogP contribution in [0.1, 0.15) is 35.3 Å². The lowest BCUT2D eigenvalue weighted by atomic mass is 10.0. The zero-order chi connectivity index (χ0) is 20.8. The molecule has 1 amide bonds. The minimum absolute atomic E-state index is 0.210. The second kappa shape index (κ2) is 9.67. The number of hydrogen-bond donors (Lipinski definition) is 2. The lowest BCUT2D eigenvalue weighted by Gasteiger charge is -2.35. The van der Waals surface area contributed by atoms with Crippen LogP contribution < -0.4 is 5.32 Å². The summed E-state index contributed by atoms with van der Waals surface area (Å²) in [6, 6.07) is 15.7. The van der Waals surface area contributed by atoms with E-state index in [-0.39, 0.29) is 24.5 Å². The van der Waals surface area contributed by atoms with E-state index in [1.54, 1.807) is 12.1 Å². The van der Waals surface area contributed by atoms with Crippen molar-refractivity contribution < 1.29 is 19.4 Å². The minimum Gasteiger partial charge on any atom is -0.480 e. The summed E-state index contributed by atoms with van der Waals surface area (Å²) in [7, 11) is 0. The molecule has 154 valence electrons. The SMILES string of the molecule is C[C@@H]1CN(Cc2ccc(C(=O)N[C@H](Cc3ccccc3)C(=O)O)cc2)C[C@@H](C)O1. The van der Waals surface area contributed by atoms with Crippen molar-refractivity contribution in [1.29, 1.82) is 0 Å². The Morgan fingerprint density at radius 2 is 1.66 bits per heavy atom. The van der Waals surface area contributed by atoms with E-state index in [9.17, 15) is 14.7 Å². The maximum Gasteiger partial charge on any atom is 0.326 e. The first-order valence-corrected chi connectivity index (χ1v) is 9.95. The molecule has 1 aliphatic heterocycles. The van der Waals surface area contributed by atoms with Crippen LogP contribution in [0.2, 0.25) is 0 Å². The van der Waals surface area contributed by atoms with Gasteiger partial charge in [0.05, 0.1) is 12.2 Å². The molecule has 2 aromatic carbocycles. The number of carboxylic acid groups (broad SMARTS) is 1. The summed E-state index contributed by atoms with van der Waals surface area (Å²) >= 11 is 0. The molecule has 0 spiro atoms. The van der Waals surface area contributed by atoms with Crippen molar-refractivity contribution in [3.63, 3.8) is 0 Å². The summed E-state index contributed by atoms with van der Waals surface area (Å²) in [5.41, 5.74) is 2.43. The van der Waals surface area contributed by atoms with Crippen LogP contribution in [0.4, 0.5) is 0 Å². The average molecular weight is 396 g/mol. The van der Waals surface area contributed by atoms with Crippen LogP contribution in [0.15, 0.2) is 54.6 Å². The van der Waals surface area contributed by atoms with Gasteiger partial charge in [-0.3, -0.25) is 9.69 Å². The molecule has 0 saturated carbocycles. The third-order valence-electron chi connectivity index (χ3n) is 5.00. The summed E-state index contributed by atoms with van der Waals surface area (Å²) in [5.74, 6) is -1.43. The highest BCUT2D eigenvalue weighted by Crippen LogP contribution is 2.15. The van der Waals surface area contributed by atoms with Gasteiger partial charge in [0.25, 0.3) is 5.91 Å². The number of amides is 1. The van der Waals surface area contributed by atoms with Gasteiger partial charge in [-0.2, -0.15) is 0 Å². The van der Waals surface area contributed by atoms with Crippen LogP contribution in [0, 0.1) is 0 Å². The average Bonchev–Trinajstić information content (AvgIpc) is 2.68. The van der Waals surface area contributed by atoms with Crippen molar-refractivity contribution in [3.05, 3.63) is 71.3 Å². The largest absolute Gasteiger partial charge is 0.480 e. The van der Waals surface area contributed by atoms with Gasteiger partial charge in [-0.1, -0.05) is 42.5 Å². The summed E-state index contributed by atoms with van der Waals surface area (Å²) in [4.78, 5) is 26.4. The van der Waals surface area contributed by atoms with Gasteiger partial charge in [-0.15, -0.1) is 0 Å². The third kappa shape index (κ3) is 6.14. The van der Waals surface area contributed by atoms with E-state index in [2.05, 4.69) is 24.1 Å². The van der Waals surface area contributed by atoms with Gasteiger partial charge in [-0.25, -0.2) is 4.79 Å². The Bertz CT molecular complexity index is 813. The minimum atomic E-state index is -1.05. The Labute approximate surface area is 171 Å². The maximum absolute atomic E-state index is 12.5. The van der Waals surface area contributed by atoms with Crippen LogP contribution in [0.25, 0.3) is 0 Å². The van der Waals surface area contributed by atoms with E-state index < -0.39 is 12.0 Å². The third-order valence-corrected chi connectivity index (χ3v) is 5.00. The van der Waals surface area contributed by atoms with Crippen molar-refractivity contribution in [2.75, 3.05) is 13.1 Å². The fraction of sp³-hybridized carbons (Fsp3) is 0.391. The van der Waals surface area contributed by atoms with Crippen molar-refractivity contribution in [3.8, 4) is 0 Å². The van der Waals surface area contributed by atoms with Crippen LogP contribution in [0.3, 0.4) is 0 Å². The second-order valence-electron chi connectivity index (χ2n) is 7.70. The lowest BCUT2D eigenvalue weighted by Crippen LogP contribution is -2.44. The van der Waals surface area contributed by atoms with Crippen molar-refractivity contribution in [2.24, 2.45) is 0 Å². The molecule has 1 aliphatic rings. The molecule has 1 heterocycles. The highest BCUT2D eigenvalue weighted by Gasteiger charge is 2.23. The van der Waals surface area contributed by atoms with Crippen molar-refractivity contribution in [2.45, 2.75) is 45.1 Å². The zero-order valence-electron chi connectivity index (χ0n) is 16.9. The van der Waals surface area contributed by atoms with E-state index in [0.29, 0.717) is 5.56 Å². The molecule has 3 rings (SSSR count). The Morgan fingerprint density at radius 1 is 1.03 bits per heavy atom. The van der Waals surface area contributed by atoms with Crippen molar-refractivity contribution >= 4 is 11.9 Å². The van der Waals surface area contributed by atoms with Crippen LogP contribution >= 0.6 is 0 Å². The lowest BCUT2D eigenvalue weighted by molar-refractivity contribution is -0.139. The van der Waals surface area contributed by atoms with E-state index >= 15 is 0 Å². The molecule has 6 nitrogen and oxygen atoms in total. The predicted octanol–water partition coefficient (Wildman–Crippen LogP) is 2.72. The molecule has 0 aromatic heterocycles. The Hall–Kier alpha value is -2.70. The van der Waals surface area contributed by atoms with Crippen LogP contribution in [-0.2, 0) is 22.5 Å². The van der Waals surface area contributed by atoms with E-state index in [4.69, 9.17) is 4.74 Å². The van der Waals surface area contributed by atoms with E-state index in [1.807, 2.05) is 42.5 Å². The number of aliphatic carboxylic acids is 1. The topological polar surface area (TPSA) is 78.9 Å². The van der Waals surface area contributed by atoms with Gasteiger partial charge in [0.2, 0.25) is 0 Å². The monoisotopic (exact) mass is 396 g/mol. The van der Waals surface area contributed by atoms with Gasteiger partial charge in [0.1, 0.15) is 6.04 Å². The first-order valence-electron chi connectivity index (χ1n) is 9.95. The summed E-state index contributed by atoms with van der Waals surface area (Å²) < 4.78 is 5.76. The highest BCUT2D eigenvalue weighted by atomic mass is 16.5. The quantitative estimate of drug-likeness (QED) is 0.752. The van der Waals surface area contributed by atoms with Gasteiger partial charge in [-0.05, 0) is 37.1 Å². The number of carbonyl (C=O) groups excluding carboxylic acids is 1. The Kier molecular flexibility index (Phi) is 7.01. The molecular weight excluding hydrogens is 368 g/mol. The fourth-order valence-corrected chi connectivity index (χ4v) is 3.72. The highest BCUT2D eigenvalue weighted by molar-refractivity contribution is 5.96. The van der Waals surface area contributed by atoms with Gasteiger partial charge in [0.15, 0.2) is 0 Å². The molecule has 0 aliphatic carbocycles. The normalized spacial score (nSPS) is 20.8. The molecule has 3 atom stereocenters. The molecule has 6 heteroatoms. The molecule has 0 radical (unpaired) electrons. The summed E-state index contributed by atoms with van der Waals surface area (Å²) in [6.45, 7) is 6.71. The molecule has 2 N–H and O–H groups in total. The molecule has 2 aromatic rings. The number of nitrogens with one attached hydrogen (secondary N) is 1. The van der Waals surface area contributed by atoms with Gasteiger partial charge >= 0.3 is 5.97 Å². The Balaban J connectivity index is 1.59. The maximum atomic E-state index is 12.5. The van der Waals surface area contributed by atoms with Crippen LogP contribution in [-0.4, -0.2) is 53.2 Å². The van der Waals surface area contributed by atoms with Crippen molar-refractivity contribution in [1.82, 2.24) is 10.2 Å².